The van der Waals surface area contributed by atoms with Crippen LogP contribution in [0.15, 0.2) is 24.3 Å². The maximum atomic E-state index is 10.8. The molecule has 1 aromatic carbocycles. The zero-order valence-corrected chi connectivity index (χ0v) is 7.74. The van der Waals surface area contributed by atoms with E-state index in [1.54, 1.807) is 6.07 Å². The van der Waals surface area contributed by atoms with Gasteiger partial charge in [-0.15, -0.1) is 0 Å². The molecule has 3 nitrogen and oxygen atoms in total. The average molecular weight is 180 g/mol. The molecule has 1 rings (SSSR count). The van der Waals surface area contributed by atoms with Crippen LogP contribution in [0.25, 0.3) is 0 Å². The molecule has 0 unspecified atom stereocenters. The Morgan fingerprint density at radius 2 is 2.08 bits per heavy atom. The van der Waals surface area contributed by atoms with Gasteiger partial charge in [-0.3, -0.25) is 0 Å². The molecular formula is C10H12O3. The molecule has 0 aliphatic carbocycles. The normalized spacial score (nSPS) is 9.38. The molecule has 0 atom stereocenters. The third-order valence-corrected chi connectivity index (χ3v) is 1.71. The van der Waals surface area contributed by atoms with Crippen LogP contribution < -0.4 is 4.74 Å². The Morgan fingerprint density at radius 1 is 1.38 bits per heavy atom. The average Bonchev–Trinajstić information content (AvgIpc) is 2.18. The first-order chi connectivity index (χ1) is 6.27. The molecule has 0 saturated heterocycles. The minimum atomic E-state index is -0.680. The lowest BCUT2D eigenvalue weighted by atomic mass is 10.1. The van der Waals surface area contributed by atoms with Gasteiger partial charge in [-0.25, -0.2) is 4.79 Å². The molecule has 0 bridgehead atoms. The third-order valence-electron chi connectivity index (χ3n) is 1.71. The number of carbonyl (C=O) groups excluding carboxylic acids is 1. The number of methoxy groups -OCH3 is 1. The third kappa shape index (κ3) is 2.47. The summed E-state index contributed by atoms with van der Waals surface area (Å²) in [7, 11) is 1.29. The van der Waals surface area contributed by atoms with Crippen molar-refractivity contribution < 1.29 is 14.3 Å². The first-order valence-corrected chi connectivity index (χ1v) is 4.11. The first kappa shape index (κ1) is 9.58. The van der Waals surface area contributed by atoms with E-state index < -0.39 is 6.16 Å². The molecule has 3 heteroatoms. The highest BCUT2D eigenvalue weighted by atomic mass is 16.7. The lowest BCUT2D eigenvalue weighted by Crippen LogP contribution is -2.08. The van der Waals surface area contributed by atoms with E-state index in [1.165, 1.54) is 7.11 Å². The molecule has 0 heterocycles. The highest BCUT2D eigenvalue weighted by Gasteiger charge is 2.06. The van der Waals surface area contributed by atoms with E-state index in [4.69, 9.17) is 4.74 Å². The summed E-state index contributed by atoms with van der Waals surface area (Å²) in [5, 5.41) is 0. The molecule has 1 aromatic rings. The molecule has 0 radical (unpaired) electrons. The van der Waals surface area contributed by atoms with Crippen molar-refractivity contribution in [1.29, 1.82) is 0 Å². The zero-order valence-electron chi connectivity index (χ0n) is 7.74. The number of hydrogen-bond donors (Lipinski definition) is 0. The SMILES string of the molecule is CCc1ccccc1OC(=O)OC. The molecule has 0 saturated carbocycles. The van der Waals surface area contributed by atoms with Crippen molar-refractivity contribution in [2.75, 3.05) is 7.11 Å². The fraction of sp³-hybridized carbons (Fsp3) is 0.300. The van der Waals surface area contributed by atoms with Gasteiger partial charge in [0.15, 0.2) is 0 Å². The van der Waals surface area contributed by atoms with Crippen LogP contribution in [0.5, 0.6) is 5.75 Å². The zero-order chi connectivity index (χ0) is 9.68. The van der Waals surface area contributed by atoms with Crippen LogP contribution in [-0.4, -0.2) is 13.3 Å². The summed E-state index contributed by atoms with van der Waals surface area (Å²) < 4.78 is 9.32. The van der Waals surface area contributed by atoms with Crippen LogP contribution >= 0.6 is 0 Å². The van der Waals surface area contributed by atoms with Crippen molar-refractivity contribution in [3.05, 3.63) is 29.8 Å². The summed E-state index contributed by atoms with van der Waals surface area (Å²) in [4.78, 5) is 10.8. The van der Waals surface area contributed by atoms with E-state index in [9.17, 15) is 4.79 Å². The van der Waals surface area contributed by atoms with E-state index in [0.29, 0.717) is 5.75 Å². The fourth-order valence-electron chi connectivity index (χ4n) is 1.03. The van der Waals surface area contributed by atoms with Crippen molar-refractivity contribution in [3.8, 4) is 5.75 Å². The summed E-state index contributed by atoms with van der Waals surface area (Å²) >= 11 is 0. The Bertz CT molecular complexity index is 294. The quantitative estimate of drug-likeness (QED) is 0.517. The number of aryl methyl sites for hydroxylation is 1. The van der Waals surface area contributed by atoms with Gasteiger partial charge < -0.3 is 9.47 Å². The standard InChI is InChI=1S/C10H12O3/c1-3-8-6-4-5-7-9(8)13-10(11)12-2/h4-7H,3H2,1-2H3. The molecule has 0 aromatic heterocycles. The predicted molar refractivity (Wildman–Crippen MR) is 48.9 cm³/mol. The van der Waals surface area contributed by atoms with Gasteiger partial charge in [0, 0.05) is 0 Å². The van der Waals surface area contributed by atoms with E-state index in [-0.39, 0.29) is 0 Å². The maximum Gasteiger partial charge on any atom is 0.513 e. The second-order valence-electron chi connectivity index (χ2n) is 2.52. The Labute approximate surface area is 77.3 Å². The number of ether oxygens (including phenoxy) is 2. The van der Waals surface area contributed by atoms with Crippen LogP contribution in [0.4, 0.5) is 4.79 Å². The molecule has 0 aliphatic heterocycles. The van der Waals surface area contributed by atoms with Crippen LogP contribution in [0, 0.1) is 0 Å². The largest absolute Gasteiger partial charge is 0.513 e. The Kier molecular flexibility index (Phi) is 3.31. The minimum Gasteiger partial charge on any atom is -0.437 e. The van der Waals surface area contributed by atoms with Gasteiger partial charge in [-0.1, -0.05) is 25.1 Å². The monoisotopic (exact) mass is 180 g/mol. The topological polar surface area (TPSA) is 35.5 Å². The van der Waals surface area contributed by atoms with Crippen molar-refractivity contribution in [2.45, 2.75) is 13.3 Å². The van der Waals surface area contributed by atoms with E-state index >= 15 is 0 Å². The van der Waals surface area contributed by atoms with E-state index in [0.717, 1.165) is 12.0 Å². The summed E-state index contributed by atoms with van der Waals surface area (Å²) in [6.45, 7) is 2.00. The molecular weight excluding hydrogens is 168 g/mol. The van der Waals surface area contributed by atoms with E-state index in [1.807, 2.05) is 25.1 Å². The number of benzene rings is 1. The smallest absolute Gasteiger partial charge is 0.437 e. The van der Waals surface area contributed by atoms with Gasteiger partial charge in [-0.05, 0) is 18.1 Å². The summed E-state index contributed by atoms with van der Waals surface area (Å²) in [5.74, 6) is 0.567. The van der Waals surface area contributed by atoms with Crippen LogP contribution in [0.3, 0.4) is 0 Å². The highest BCUT2D eigenvalue weighted by Crippen LogP contribution is 2.18. The first-order valence-electron chi connectivity index (χ1n) is 4.11. The lowest BCUT2D eigenvalue weighted by molar-refractivity contribution is 0.121. The minimum absolute atomic E-state index is 0.567. The van der Waals surface area contributed by atoms with Crippen LogP contribution in [0.1, 0.15) is 12.5 Å². The second-order valence-corrected chi connectivity index (χ2v) is 2.52. The number of para-hydroxylation sites is 1. The van der Waals surface area contributed by atoms with Gasteiger partial charge in [0.1, 0.15) is 5.75 Å². The van der Waals surface area contributed by atoms with Gasteiger partial charge in [-0.2, -0.15) is 0 Å². The van der Waals surface area contributed by atoms with Gasteiger partial charge in [0.05, 0.1) is 7.11 Å². The number of carbonyl (C=O) groups is 1. The van der Waals surface area contributed by atoms with E-state index in [2.05, 4.69) is 4.74 Å². The van der Waals surface area contributed by atoms with Gasteiger partial charge in [0.2, 0.25) is 0 Å². The van der Waals surface area contributed by atoms with Gasteiger partial charge >= 0.3 is 6.16 Å². The second kappa shape index (κ2) is 4.50. The molecule has 0 aliphatic rings. The van der Waals surface area contributed by atoms with Crippen LogP contribution in [0.2, 0.25) is 0 Å². The Morgan fingerprint density at radius 3 is 2.69 bits per heavy atom. The Hall–Kier alpha value is -1.51. The van der Waals surface area contributed by atoms with Crippen molar-refractivity contribution in [2.24, 2.45) is 0 Å². The number of rotatable bonds is 2. The summed E-state index contributed by atoms with van der Waals surface area (Å²) in [6.07, 6.45) is 0.147. The van der Waals surface area contributed by atoms with Crippen molar-refractivity contribution >= 4 is 6.16 Å². The van der Waals surface area contributed by atoms with Crippen molar-refractivity contribution in [3.63, 3.8) is 0 Å². The predicted octanol–water partition coefficient (Wildman–Crippen LogP) is 2.39. The molecule has 13 heavy (non-hydrogen) atoms. The number of hydrogen-bond acceptors (Lipinski definition) is 3. The van der Waals surface area contributed by atoms with Gasteiger partial charge in [0.25, 0.3) is 0 Å². The highest BCUT2D eigenvalue weighted by molar-refractivity contribution is 5.64. The summed E-state index contributed by atoms with van der Waals surface area (Å²) in [5.41, 5.74) is 0.993. The fourth-order valence-corrected chi connectivity index (χ4v) is 1.03. The maximum absolute atomic E-state index is 10.8. The summed E-state index contributed by atoms with van der Waals surface area (Å²) in [6, 6.07) is 7.38. The molecule has 0 amide bonds. The molecule has 0 fully saturated rings. The molecule has 0 N–H and O–H groups in total. The van der Waals surface area contributed by atoms with Crippen molar-refractivity contribution in [1.82, 2.24) is 0 Å². The molecule has 70 valence electrons. The molecule has 0 spiro atoms. The Balaban J connectivity index is 2.81. The van der Waals surface area contributed by atoms with Crippen LogP contribution in [-0.2, 0) is 11.2 Å². The lowest BCUT2D eigenvalue weighted by Gasteiger charge is -2.06.